The van der Waals surface area contributed by atoms with Crippen molar-refractivity contribution >= 4 is 45.6 Å². The van der Waals surface area contributed by atoms with Crippen LogP contribution < -0.4 is 14.8 Å². The topological polar surface area (TPSA) is 60.5 Å². The maximum absolute atomic E-state index is 12.5. The summed E-state index contributed by atoms with van der Waals surface area (Å²) in [5.74, 6) is 0.736. The minimum atomic E-state index is -0.297. The number of amides is 1. The number of hydrogen-bond donors (Lipinski definition) is 1. The zero-order valence-corrected chi connectivity index (χ0v) is 16.2. The van der Waals surface area contributed by atoms with Gasteiger partial charge < -0.3 is 9.47 Å². The van der Waals surface area contributed by atoms with Crippen LogP contribution in [-0.4, -0.2) is 25.1 Å². The summed E-state index contributed by atoms with van der Waals surface area (Å²) in [7, 11) is 3.05. The van der Waals surface area contributed by atoms with Crippen LogP contribution >= 0.6 is 34.5 Å². The van der Waals surface area contributed by atoms with E-state index >= 15 is 0 Å². The summed E-state index contributed by atoms with van der Waals surface area (Å²) < 4.78 is 10.4. The average Bonchev–Trinajstić information content (AvgIpc) is 3.09. The first-order valence-corrected chi connectivity index (χ1v) is 9.09. The van der Waals surface area contributed by atoms with E-state index in [9.17, 15) is 4.79 Å². The summed E-state index contributed by atoms with van der Waals surface area (Å²) in [5, 5.41) is 6.11. The van der Waals surface area contributed by atoms with Crippen LogP contribution in [0.3, 0.4) is 0 Å². The molecular formula is C18H14Cl2N2O3S. The molecular weight excluding hydrogens is 395 g/mol. The monoisotopic (exact) mass is 408 g/mol. The van der Waals surface area contributed by atoms with Gasteiger partial charge in [0.05, 0.1) is 24.9 Å². The van der Waals surface area contributed by atoms with Gasteiger partial charge in [-0.1, -0.05) is 23.2 Å². The molecule has 0 radical (unpaired) electrons. The molecule has 0 saturated carbocycles. The molecule has 1 N–H and O–H groups in total. The second-order valence-corrected chi connectivity index (χ2v) is 6.89. The molecule has 5 nitrogen and oxygen atoms in total. The van der Waals surface area contributed by atoms with E-state index < -0.39 is 0 Å². The van der Waals surface area contributed by atoms with Crippen LogP contribution in [0.15, 0.2) is 41.8 Å². The zero-order valence-electron chi connectivity index (χ0n) is 13.9. The maximum Gasteiger partial charge on any atom is 0.257 e. The molecule has 0 unspecified atom stereocenters. The van der Waals surface area contributed by atoms with Gasteiger partial charge >= 0.3 is 0 Å². The molecule has 2 aromatic carbocycles. The lowest BCUT2D eigenvalue weighted by molar-refractivity contribution is 0.102. The number of ether oxygens (including phenoxy) is 2. The number of aromatic nitrogens is 1. The fourth-order valence-electron chi connectivity index (χ4n) is 2.30. The quantitative estimate of drug-likeness (QED) is 0.614. The minimum absolute atomic E-state index is 0.297. The summed E-state index contributed by atoms with van der Waals surface area (Å²) in [4.78, 5) is 16.9. The van der Waals surface area contributed by atoms with Crippen molar-refractivity contribution in [2.45, 2.75) is 0 Å². The summed E-state index contributed by atoms with van der Waals surface area (Å²) in [6, 6.07) is 10.1. The summed E-state index contributed by atoms with van der Waals surface area (Å²) >= 11 is 13.4. The van der Waals surface area contributed by atoms with E-state index in [-0.39, 0.29) is 5.91 Å². The van der Waals surface area contributed by atoms with Crippen molar-refractivity contribution in [1.29, 1.82) is 0 Å². The lowest BCUT2D eigenvalue weighted by Gasteiger charge is -2.09. The normalized spacial score (nSPS) is 10.5. The fraction of sp³-hybridized carbons (Fsp3) is 0.111. The van der Waals surface area contributed by atoms with Crippen molar-refractivity contribution in [3.63, 3.8) is 0 Å². The lowest BCUT2D eigenvalue weighted by atomic mass is 10.2. The van der Waals surface area contributed by atoms with Crippen molar-refractivity contribution in [3.8, 4) is 22.8 Å². The molecule has 0 aliphatic rings. The van der Waals surface area contributed by atoms with Crippen molar-refractivity contribution < 1.29 is 14.3 Å². The second kappa shape index (κ2) is 7.95. The number of rotatable bonds is 5. The van der Waals surface area contributed by atoms with Gasteiger partial charge in [0.1, 0.15) is 0 Å². The molecule has 26 heavy (non-hydrogen) atoms. The number of halogens is 2. The maximum atomic E-state index is 12.5. The minimum Gasteiger partial charge on any atom is -0.493 e. The molecule has 1 amide bonds. The third-order valence-corrected chi connectivity index (χ3v) is 4.88. The van der Waals surface area contributed by atoms with Gasteiger partial charge in [0, 0.05) is 21.5 Å². The second-order valence-electron chi connectivity index (χ2n) is 5.19. The van der Waals surface area contributed by atoms with Gasteiger partial charge in [-0.05, 0) is 36.4 Å². The van der Waals surface area contributed by atoms with Gasteiger partial charge in [0.25, 0.3) is 5.91 Å². The molecule has 0 aliphatic heterocycles. The fourth-order valence-corrected chi connectivity index (χ4v) is 3.51. The molecule has 0 atom stereocenters. The first kappa shape index (κ1) is 18.5. The SMILES string of the molecule is COc1ccc(C(=O)Nc2nc(-c3ccc(Cl)cc3Cl)cs2)cc1OC. The summed E-state index contributed by atoms with van der Waals surface area (Å²) in [6.07, 6.45) is 0. The third-order valence-electron chi connectivity index (χ3n) is 3.58. The van der Waals surface area contributed by atoms with Gasteiger partial charge in [0.15, 0.2) is 16.6 Å². The number of nitrogens with one attached hydrogen (secondary N) is 1. The molecule has 3 rings (SSSR count). The van der Waals surface area contributed by atoms with Crippen LogP contribution in [0.4, 0.5) is 5.13 Å². The van der Waals surface area contributed by atoms with E-state index in [1.807, 2.05) is 5.38 Å². The number of anilines is 1. The molecule has 1 aromatic heterocycles. The highest BCUT2D eigenvalue weighted by molar-refractivity contribution is 7.14. The number of carbonyl (C=O) groups excluding carboxylic acids is 1. The number of benzene rings is 2. The molecule has 3 aromatic rings. The smallest absolute Gasteiger partial charge is 0.257 e. The van der Waals surface area contributed by atoms with Crippen LogP contribution in [0, 0.1) is 0 Å². The van der Waals surface area contributed by atoms with Crippen LogP contribution in [0.2, 0.25) is 10.0 Å². The van der Waals surface area contributed by atoms with Gasteiger partial charge in [0.2, 0.25) is 0 Å². The highest BCUT2D eigenvalue weighted by Crippen LogP contribution is 2.33. The highest BCUT2D eigenvalue weighted by Gasteiger charge is 2.14. The average molecular weight is 409 g/mol. The molecule has 0 saturated heterocycles. The predicted molar refractivity (Wildman–Crippen MR) is 105 cm³/mol. The van der Waals surface area contributed by atoms with Crippen LogP contribution in [0.1, 0.15) is 10.4 Å². The van der Waals surface area contributed by atoms with E-state index in [2.05, 4.69) is 10.3 Å². The van der Waals surface area contributed by atoms with Gasteiger partial charge in [-0.25, -0.2) is 4.98 Å². The standard InChI is InChI=1S/C18H14Cl2N2O3S/c1-24-15-6-3-10(7-16(15)25-2)17(23)22-18-21-14(9-26-18)12-5-4-11(19)8-13(12)20/h3-9H,1-2H3,(H,21,22,23). The molecule has 0 aliphatic carbocycles. The van der Waals surface area contributed by atoms with Crippen LogP contribution in [0.25, 0.3) is 11.3 Å². The Hall–Kier alpha value is -2.28. The number of thiazole rings is 1. The number of hydrogen-bond acceptors (Lipinski definition) is 5. The van der Waals surface area contributed by atoms with Gasteiger partial charge in [-0.15, -0.1) is 11.3 Å². The van der Waals surface area contributed by atoms with Crippen molar-refractivity contribution in [2.75, 3.05) is 19.5 Å². The van der Waals surface area contributed by atoms with E-state index in [4.69, 9.17) is 32.7 Å². The Balaban J connectivity index is 1.79. The van der Waals surface area contributed by atoms with Crippen LogP contribution in [0.5, 0.6) is 11.5 Å². The Morgan fingerprint density at radius 1 is 1.08 bits per heavy atom. The Morgan fingerprint density at radius 2 is 1.85 bits per heavy atom. The summed E-state index contributed by atoms with van der Waals surface area (Å²) in [5.41, 5.74) is 1.85. The first-order valence-electron chi connectivity index (χ1n) is 7.46. The third kappa shape index (κ3) is 3.93. The largest absolute Gasteiger partial charge is 0.493 e. The van der Waals surface area contributed by atoms with Crippen LogP contribution in [-0.2, 0) is 0 Å². The molecule has 0 fully saturated rings. The first-order chi connectivity index (χ1) is 12.5. The Kier molecular flexibility index (Phi) is 5.66. The van der Waals surface area contributed by atoms with Gasteiger partial charge in [-0.3, -0.25) is 10.1 Å². The molecule has 0 spiro atoms. The summed E-state index contributed by atoms with van der Waals surface area (Å²) in [6.45, 7) is 0. The van der Waals surface area contributed by atoms with Crippen molar-refractivity contribution in [1.82, 2.24) is 4.98 Å². The Morgan fingerprint density at radius 3 is 2.54 bits per heavy atom. The predicted octanol–water partition coefficient (Wildman–Crippen LogP) is 5.39. The Bertz CT molecular complexity index is 959. The van der Waals surface area contributed by atoms with Gasteiger partial charge in [-0.2, -0.15) is 0 Å². The molecule has 1 heterocycles. The zero-order chi connectivity index (χ0) is 18.7. The molecule has 134 valence electrons. The number of carbonyl (C=O) groups is 1. The molecule has 8 heteroatoms. The van der Waals surface area contributed by atoms with E-state index in [0.717, 1.165) is 5.56 Å². The number of methoxy groups -OCH3 is 2. The van der Waals surface area contributed by atoms with E-state index in [0.29, 0.717) is 37.9 Å². The van der Waals surface area contributed by atoms with E-state index in [1.165, 1.54) is 25.6 Å². The van der Waals surface area contributed by atoms with E-state index in [1.54, 1.807) is 36.4 Å². The Labute approximate surface area is 164 Å². The van der Waals surface area contributed by atoms with Crippen molar-refractivity contribution in [3.05, 3.63) is 57.4 Å². The molecule has 0 bridgehead atoms. The number of nitrogens with zero attached hydrogens (tertiary/aromatic N) is 1. The lowest BCUT2D eigenvalue weighted by Crippen LogP contribution is -2.12. The highest BCUT2D eigenvalue weighted by atomic mass is 35.5. The van der Waals surface area contributed by atoms with Crippen molar-refractivity contribution in [2.24, 2.45) is 0 Å².